The van der Waals surface area contributed by atoms with E-state index in [-0.39, 0.29) is 5.82 Å². The van der Waals surface area contributed by atoms with Crippen LogP contribution >= 0.6 is 11.6 Å². The van der Waals surface area contributed by atoms with E-state index in [9.17, 15) is 9.65 Å². The number of hydrogen-bond donors (Lipinski definition) is 1. The molecule has 4 nitrogen and oxygen atoms in total. The van der Waals surface area contributed by atoms with E-state index in [1.807, 2.05) is 54.6 Å². The zero-order valence-corrected chi connectivity index (χ0v) is 22.1. The molecule has 1 aliphatic rings. The standard InChI is InChI=1S/C32H31ClFN3O/c1-2-15-37(16-3-5-24-21-36-31-13-9-27(33)19-29(24)31)17-4-14-32(26-7-10-28(34)11-8-26)30-12-6-23(20-35)18-25(30)22-38-32/h2,6-13,18-19,21,36H,1,3-5,14-17,22H2. The molecule has 1 unspecified atom stereocenters. The van der Waals surface area contributed by atoms with Crippen LogP contribution in [-0.4, -0.2) is 29.5 Å². The maximum Gasteiger partial charge on any atom is 0.123 e. The van der Waals surface area contributed by atoms with E-state index in [1.54, 1.807) is 0 Å². The molecule has 0 spiro atoms. The van der Waals surface area contributed by atoms with Gasteiger partial charge in [0.25, 0.3) is 0 Å². The van der Waals surface area contributed by atoms with Crippen LogP contribution in [0.1, 0.15) is 47.1 Å². The molecule has 38 heavy (non-hydrogen) atoms. The zero-order chi connectivity index (χ0) is 26.5. The lowest BCUT2D eigenvalue weighted by molar-refractivity contribution is -0.0144. The lowest BCUT2D eigenvalue weighted by Gasteiger charge is -2.32. The van der Waals surface area contributed by atoms with Gasteiger partial charge in [0.15, 0.2) is 0 Å². The van der Waals surface area contributed by atoms with Crippen LogP contribution in [0.3, 0.4) is 0 Å². The Bertz CT molecular complexity index is 1470. The van der Waals surface area contributed by atoms with Crippen molar-refractivity contribution in [2.24, 2.45) is 0 Å². The van der Waals surface area contributed by atoms with E-state index in [2.05, 4.69) is 28.7 Å². The molecule has 0 fully saturated rings. The third-order valence-corrected chi connectivity index (χ3v) is 7.73. The summed E-state index contributed by atoms with van der Waals surface area (Å²) in [7, 11) is 0. The highest BCUT2D eigenvalue weighted by molar-refractivity contribution is 6.31. The molecule has 0 aliphatic carbocycles. The van der Waals surface area contributed by atoms with Gasteiger partial charge in [-0.1, -0.05) is 35.9 Å². The van der Waals surface area contributed by atoms with Gasteiger partial charge in [-0.2, -0.15) is 5.26 Å². The Balaban J connectivity index is 1.27. The fourth-order valence-electron chi connectivity index (χ4n) is 5.64. The number of nitriles is 1. The summed E-state index contributed by atoms with van der Waals surface area (Å²) in [5.41, 5.74) is 5.39. The Morgan fingerprint density at radius 3 is 2.71 bits per heavy atom. The van der Waals surface area contributed by atoms with E-state index in [0.717, 1.165) is 72.5 Å². The topological polar surface area (TPSA) is 52.0 Å². The summed E-state index contributed by atoms with van der Waals surface area (Å²) in [4.78, 5) is 5.76. The number of ether oxygens (including phenoxy) is 1. The quantitative estimate of drug-likeness (QED) is 0.205. The Morgan fingerprint density at radius 1 is 1.11 bits per heavy atom. The van der Waals surface area contributed by atoms with Crippen molar-refractivity contribution in [2.75, 3.05) is 19.6 Å². The van der Waals surface area contributed by atoms with Crippen molar-refractivity contribution in [3.8, 4) is 6.07 Å². The van der Waals surface area contributed by atoms with Gasteiger partial charge in [0.05, 0.1) is 18.2 Å². The monoisotopic (exact) mass is 527 g/mol. The molecule has 1 aromatic heterocycles. The Labute approximate surface area is 228 Å². The molecule has 1 atom stereocenters. The maximum absolute atomic E-state index is 13.8. The Morgan fingerprint density at radius 2 is 1.92 bits per heavy atom. The zero-order valence-electron chi connectivity index (χ0n) is 21.4. The van der Waals surface area contributed by atoms with Gasteiger partial charge >= 0.3 is 0 Å². The fraction of sp³-hybridized carbons (Fsp3) is 0.281. The van der Waals surface area contributed by atoms with Crippen LogP contribution in [-0.2, 0) is 23.4 Å². The molecule has 3 aromatic carbocycles. The molecule has 1 aliphatic heterocycles. The van der Waals surface area contributed by atoms with Crippen LogP contribution in [0.25, 0.3) is 10.9 Å². The maximum atomic E-state index is 13.8. The summed E-state index contributed by atoms with van der Waals surface area (Å²) in [5.74, 6) is -0.267. The minimum absolute atomic E-state index is 0.267. The Hall–Kier alpha value is -3.43. The Kier molecular flexibility index (Phi) is 7.95. The lowest BCUT2D eigenvalue weighted by atomic mass is 9.81. The number of fused-ring (bicyclic) bond motifs is 2. The highest BCUT2D eigenvalue weighted by atomic mass is 35.5. The van der Waals surface area contributed by atoms with Crippen LogP contribution in [0.5, 0.6) is 0 Å². The number of nitrogens with one attached hydrogen (secondary N) is 1. The second-order valence-corrected chi connectivity index (χ2v) is 10.3. The second kappa shape index (κ2) is 11.5. The van der Waals surface area contributed by atoms with Crippen LogP contribution in [0.15, 0.2) is 79.5 Å². The van der Waals surface area contributed by atoms with Gasteiger partial charge < -0.3 is 9.72 Å². The van der Waals surface area contributed by atoms with E-state index >= 15 is 0 Å². The third kappa shape index (κ3) is 5.39. The summed E-state index contributed by atoms with van der Waals surface area (Å²) in [6, 6.07) is 20.5. The summed E-state index contributed by atoms with van der Waals surface area (Å²) in [6.45, 7) is 7.05. The molecule has 2 heterocycles. The molecule has 1 N–H and O–H groups in total. The van der Waals surface area contributed by atoms with Crippen LogP contribution in [0, 0.1) is 17.1 Å². The number of rotatable bonds is 11. The van der Waals surface area contributed by atoms with Gasteiger partial charge in [0.1, 0.15) is 11.4 Å². The van der Waals surface area contributed by atoms with Crippen molar-refractivity contribution in [2.45, 2.75) is 37.9 Å². The number of nitrogens with zero attached hydrogens (tertiary/aromatic N) is 2. The molecule has 4 aromatic rings. The van der Waals surface area contributed by atoms with Crippen LogP contribution in [0.4, 0.5) is 4.39 Å². The van der Waals surface area contributed by atoms with Crippen molar-refractivity contribution in [3.05, 3.63) is 118 Å². The predicted octanol–water partition coefficient (Wildman–Crippen LogP) is 7.51. The number of aryl methyl sites for hydroxylation is 1. The van der Waals surface area contributed by atoms with E-state index < -0.39 is 5.60 Å². The minimum Gasteiger partial charge on any atom is -0.361 e. The third-order valence-electron chi connectivity index (χ3n) is 7.49. The van der Waals surface area contributed by atoms with Crippen molar-refractivity contribution < 1.29 is 9.13 Å². The second-order valence-electron chi connectivity index (χ2n) is 9.91. The lowest BCUT2D eigenvalue weighted by Crippen LogP contribution is -2.31. The largest absolute Gasteiger partial charge is 0.361 e. The molecule has 0 radical (unpaired) electrons. The molecule has 0 bridgehead atoms. The number of halogens is 2. The fourth-order valence-corrected chi connectivity index (χ4v) is 5.82. The molecule has 0 amide bonds. The van der Waals surface area contributed by atoms with Crippen molar-refractivity contribution in [3.63, 3.8) is 0 Å². The normalized spacial score (nSPS) is 16.6. The number of aromatic nitrogens is 1. The average molecular weight is 528 g/mol. The average Bonchev–Trinajstić information content (AvgIpc) is 3.50. The van der Waals surface area contributed by atoms with E-state index in [4.69, 9.17) is 16.3 Å². The first-order valence-corrected chi connectivity index (χ1v) is 13.4. The van der Waals surface area contributed by atoms with Crippen molar-refractivity contribution in [1.82, 2.24) is 9.88 Å². The van der Waals surface area contributed by atoms with E-state index in [1.165, 1.54) is 23.1 Å². The van der Waals surface area contributed by atoms with E-state index in [0.29, 0.717) is 12.2 Å². The molecular weight excluding hydrogens is 497 g/mol. The molecule has 0 saturated carbocycles. The molecular formula is C32H31ClFN3O. The minimum atomic E-state index is -0.653. The van der Waals surface area contributed by atoms with Crippen LogP contribution in [0.2, 0.25) is 5.02 Å². The van der Waals surface area contributed by atoms with Gasteiger partial charge in [0.2, 0.25) is 0 Å². The summed E-state index contributed by atoms with van der Waals surface area (Å²) in [6.07, 6.45) is 7.67. The number of aromatic amines is 1. The number of H-pyrrole nitrogens is 1. The first kappa shape index (κ1) is 26.2. The van der Waals surface area contributed by atoms with Gasteiger partial charge in [-0.15, -0.1) is 6.58 Å². The van der Waals surface area contributed by atoms with Gasteiger partial charge in [0, 0.05) is 28.7 Å². The highest BCUT2D eigenvalue weighted by Gasteiger charge is 2.41. The smallest absolute Gasteiger partial charge is 0.123 e. The first-order chi connectivity index (χ1) is 18.5. The first-order valence-electron chi connectivity index (χ1n) is 13.0. The molecule has 0 saturated heterocycles. The number of hydrogen-bond acceptors (Lipinski definition) is 3. The van der Waals surface area contributed by atoms with Gasteiger partial charge in [-0.3, -0.25) is 4.90 Å². The summed E-state index contributed by atoms with van der Waals surface area (Å²) in [5, 5.41) is 11.3. The molecule has 5 rings (SSSR count). The predicted molar refractivity (Wildman–Crippen MR) is 151 cm³/mol. The SMILES string of the molecule is C=CCN(CCCc1c[nH]c2ccc(Cl)cc12)CCCC1(c2ccc(F)cc2)OCc2cc(C#N)ccc21. The molecule has 194 valence electrons. The summed E-state index contributed by atoms with van der Waals surface area (Å²) >= 11 is 6.22. The highest BCUT2D eigenvalue weighted by Crippen LogP contribution is 2.45. The van der Waals surface area contributed by atoms with Gasteiger partial charge in [-0.05, 0) is 103 Å². The summed E-state index contributed by atoms with van der Waals surface area (Å²) < 4.78 is 20.2. The van der Waals surface area contributed by atoms with Crippen LogP contribution < -0.4 is 0 Å². The van der Waals surface area contributed by atoms with Gasteiger partial charge in [-0.25, -0.2) is 4.39 Å². The van der Waals surface area contributed by atoms with Crippen molar-refractivity contribution in [1.29, 1.82) is 5.26 Å². The van der Waals surface area contributed by atoms with Crippen molar-refractivity contribution >= 4 is 22.5 Å². The molecule has 6 heteroatoms. The number of benzene rings is 3.